The first kappa shape index (κ1) is 22.4. The summed E-state index contributed by atoms with van der Waals surface area (Å²) in [7, 11) is -3.97. The van der Waals surface area contributed by atoms with Gasteiger partial charge in [0.05, 0.1) is 10.6 Å². The fraction of sp³-hybridized carbons (Fsp3) is 0.0870. The van der Waals surface area contributed by atoms with Crippen LogP contribution in [-0.4, -0.2) is 27.5 Å². The normalized spacial score (nSPS) is 10.9. The van der Waals surface area contributed by atoms with Crippen LogP contribution in [0.15, 0.2) is 96.4 Å². The largest absolute Gasteiger partial charge is 0.490 e. The lowest BCUT2D eigenvalue weighted by Crippen LogP contribution is -2.38. The SMILES string of the molecule is C=CCOc1ccc(NC(=O)CN(c2ccc(Cl)cc2)S(=O)(=O)c2ccccc2)cc1. The first-order valence-corrected chi connectivity index (χ1v) is 11.2. The van der Waals surface area contributed by atoms with Crippen LogP contribution in [0.2, 0.25) is 5.02 Å². The van der Waals surface area contributed by atoms with E-state index in [1.54, 1.807) is 72.8 Å². The molecular weight excluding hydrogens is 436 g/mol. The predicted molar refractivity (Wildman–Crippen MR) is 123 cm³/mol. The van der Waals surface area contributed by atoms with Crippen molar-refractivity contribution in [2.24, 2.45) is 0 Å². The summed E-state index contributed by atoms with van der Waals surface area (Å²) in [6.07, 6.45) is 1.63. The molecule has 0 saturated heterocycles. The summed E-state index contributed by atoms with van der Waals surface area (Å²) in [4.78, 5) is 12.8. The monoisotopic (exact) mass is 456 g/mol. The number of carbonyl (C=O) groups is 1. The fourth-order valence-corrected chi connectivity index (χ4v) is 4.33. The maximum atomic E-state index is 13.2. The molecule has 1 N–H and O–H groups in total. The van der Waals surface area contributed by atoms with E-state index in [0.717, 1.165) is 4.31 Å². The molecule has 3 aromatic rings. The zero-order chi connectivity index (χ0) is 22.3. The molecule has 0 unspecified atom stereocenters. The summed E-state index contributed by atoms with van der Waals surface area (Å²) in [5.41, 5.74) is 0.848. The van der Waals surface area contributed by atoms with E-state index in [2.05, 4.69) is 11.9 Å². The standard InChI is InChI=1S/C23H21ClN2O4S/c1-2-16-30-21-14-10-19(11-15-21)25-23(27)17-26(20-12-8-18(24)9-13-20)31(28,29)22-6-4-3-5-7-22/h2-15H,1,16-17H2,(H,25,27). The van der Waals surface area contributed by atoms with Crippen LogP contribution in [0.1, 0.15) is 0 Å². The zero-order valence-electron chi connectivity index (χ0n) is 16.6. The van der Waals surface area contributed by atoms with Gasteiger partial charge in [-0.25, -0.2) is 8.42 Å². The Kier molecular flexibility index (Phi) is 7.33. The van der Waals surface area contributed by atoms with Gasteiger partial charge >= 0.3 is 0 Å². The van der Waals surface area contributed by atoms with E-state index in [1.807, 2.05) is 0 Å². The quantitative estimate of drug-likeness (QED) is 0.472. The number of ether oxygens (including phenoxy) is 1. The Hall–Kier alpha value is -3.29. The van der Waals surface area contributed by atoms with E-state index in [9.17, 15) is 13.2 Å². The van der Waals surface area contributed by atoms with Gasteiger partial charge in [-0.1, -0.05) is 42.5 Å². The number of rotatable bonds is 9. The van der Waals surface area contributed by atoms with Crippen LogP contribution in [0.5, 0.6) is 5.75 Å². The van der Waals surface area contributed by atoms with Crippen molar-refractivity contribution in [3.8, 4) is 5.75 Å². The van der Waals surface area contributed by atoms with E-state index < -0.39 is 22.5 Å². The molecular formula is C23H21ClN2O4S. The van der Waals surface area contributed by atoms with Crippen LogP contribution in [0, 0.1) is 0 Å². The van der Waals surface area contributed by atoms with Crippen molar-refractivity contribution < 1.29 is 17.9 Å². The van der Waals surface area contributed by atoms with Crippen molar-refractivity contribution in [2.75, 3.05) is 22.8 Å². The number of sulfonamides is 1. The maximum absolute atomic E-state index is 13.2. The Bertz CT molecular complexity index is 1130. The topological polar surface area (TPSA) is 75.7 Å². The second-order valence-corrected chi connectivity index (χ2v) is 8.77. The number of anilines is 2. The summed E-state index contributed by atoms with van der Waals surface area (Å²) >= 11 is 5.94. The summed E-state index contributed by atoms with van der Waals surface area (Å²) in [5, 5.41) is 3.18. The molecule has 0 aliphatic carbocycles. The lowest BCUT2D eigenvalue weighted by atomic mass is 10.3. The highest BCUT2D eigenvalue weighted by atomic mass is 35.5. The van der Waals surface area contributed by atoms with Gasteiger partial charge in [-0.05, 0) is 60.7 Å². The molecule has 0 heterocycles. The number of hydrogen-bond donors (Lipinski definition) is 1. The average molecular weight is 457 g/mol. The Balaban J connectivity index is 1.82. The van der Waals surface area contributed by atoms with Crippen molar-refractivity contribution in [2.45, 2.75) is 4.90 Å². The Morgan fingerprint density at radius 1 is 1.00 bits per heavy atom. The van der Waals surface area contributed by atoms with Gasteiger partial charge in [0.2, 0.25) is 5.91 Å². The number of halogens is 1. The van der Waals surface area contributed by atoms with E-state index in [4.69, 9.17) is 16.3 Å². The van der Waals surface area contributed by atoms with Crippen LogP contribution in [0.25, 0.3) is 0 Å². The van der Waals surface area contributed by atoms with Gasteiger partial charge in [-0.15, -0.1) is 0 Å². The molecule has 0 aliphatic rings. The highest BCUT2D eigenvalue weighted by Crippen LogP contribution is 2.25. The fourth-order valence-electron chi connectivity index (χ4n) is 2.76. The molecule has 3 rings (SSSR count). The van der Waals surface area contributed by atoms with Crippen LogP contribution >= 0.6 is 11.6 Å². The van der Waals surface area contributed by atoms with E-state index in [1.165, 1.54) is 12.1 Å². The minimum absolute atomic E-state index is 0.0847. The van der Waals surface area contributed by atoms with Crippen molar-refractivity contribution in [3.63, 3.8) is 0 Å². The molecule has 0 aromatic heterocycles. The van der Waals surface area contributed by atoms with Crippen LogP contribution < -0.4 is 14.4 Å². The maximum Gasteiger partial charge on any atom is 0.264 e. The third kappa shape index (κ3) is 5.87. The van der Waals surface area contributed by atoms with Crippen molar-refractivity contribution >= 4 is 38.9 Å². The molecule has 0 fully saturated rings. The zero-order valence-corrected chi connectivity index (χ0v) is 18.1. The first-order valence-electron chi connectivity index (χ1n) is 9.37. The average Bonchev–Trinajstić information content (AvgIpc) is 2.78. The molecule has 31 heavy (non-hydrogen) atoms. The molecule has 0 spiro atoms. The smallest absolute Gasteiger partial charge is 0.264 e. The second-order valence-electron chi connectivity index (χ2n) is 6.47. The number of amides is 1. The van der Waals surface area contributed by atoms with E-state index in [-0.39, 0.29) is 4.90 Å². The number of carbonyl (C=O) groups excluding carboxylic acids is 1. The van der Waals surface area contributed by atoms with Crippen molar-refractivity contribution in [3.05, 3.63) is 96.5 Å². The van der Waals surface area contributed by atoms with Gasteiger partial charge in [0.1, 0.15) is 18.9 Å². The molecule has 8 heteroatoms. The number of benzene rings is 3. The molecule has 0 radical (unpaired) electrons. The number of nitrogens with one attached hydrogen (secondary N) is 1. The number of hydrogen-bond acceptors (Lipinski definition) is 4. The molecule has 0 saturated carbocycles. The highest BCUT2D eigenvalue weighted by Gasteiger charge is 2.27. The van der Waals surface area contributed by atoms with Gasteiger partial charge in [0.25, 0.3) is 10.0 Å². The minimum Gasteiger partial charge on any atom is -0.490 e. The third-order valence-corrected chi connectivity index (χ3v) is 6.28. The van der Waals surface area contributed by atoms with Crippen LogP contribution in [-0.2, 0) is 14.8 Å². The summed E-state index contributed by atoms with van der Waals surface area (Å²) < 4.78 is 32.9. The van der Waals surface area contributed by atoms with Gasteiger partial charge < -0.3 is 10.1 Å². The van der Waals surface area contributed by atoms with Crippen molar-refractivity contribution in [1.29, 1.82) is 0 Å². The predicted octanol–water partition coefficient (Wildman–Crippen LogP) is 4.74. The summed E-state index contributed by atoms with van der Waals surface area (Å²) in [6.45, 7) is 3.55. The lowest BCUT2D eigenvalue weighted by Gasteiger charge is -2.24. The number of nitrogens with zero attached hydrogens (tertiary/aromatic N) is 1. The molecule has 1 amide bonds. The van der Waals surface area contributed by atoms with Gasteiger partial charge in [-0.2, -0.15) is 0 Å². The Morgan fingerprint density at radius 3 is 2.26 bits per heavy atom. The third-order valence-electron chi connectivity index (χ3n) is 4.24. The van der Waals surface area contributed by atoms with Gasteiger partial charge in [0, 0.05) is 10.7 Å². The van der Waals surface area contributed by atoms with Crippen molar-refractivity contribution in [1.82, 2.24) is 0 Å². The molecule has 6 nitrogen and oxygen atoms in total. The Morgan fingerprint density at radius 2 is 1.65 bits per heavy atom. The van der Waals surface area contributed by atoms with Crippen LogP contribution in [0.4, 0.5) is 11.4 Å². The Labute approximate surface area is 186 Å². The minimum atomic E-state index is -3.97. The summed E-state index contributed by atoms with van der Waals surface area (Å²) in [5.74, 6) is 0.140. The van der Waals surface area contributed by atoms with Crippen LogP contribution in [0.3, 0.4) is 0 Å². The van der Waals surface area contributed by atoms with E-state index in [0.29, 0.717) is 28.8 Å². The molecule has 0 aliphatic heterocycles. The van der Waals surface area contributed by atoms with E-state index >= 15 is 0 Å². The lowest BCUT2D eigenvalue weighted by molar-refractivity contribution is -0.114. The molecule has 0 atom stereocenters. The molecule has 0 bridgehead atoms. The second kappa shape index (κ2) is 10.1. The van der Waals surface area contributed by atoms with Gasteiger partial charge in [0.15, 0.2) is 0 Å². The molecule has 160 valence electrons. The summed E-state index contributed by atoms with van der Waals surface area (Å²) in [6, 6.07) is 21.0. The molecule has 3 aromatic carbocycles. The van der Waals surface area contributed by atoms with Gasteiger partial charge in [-0.3, -0.25) is 9.10 Å². The first-order chi connectivity index (χ1) is 14.9. The highest BCUT2D eigenvalue weighted by molar-refractivity contribution is 7.92.